The van der Waals surface area contributed by atoms with Gasteiger partial charge in [-0.1, -0.05) is 44.2 Å². The normalized spacial score (nSPS) is 14.2. The number of rotatable bonds is 7. The first kappa shape index (κ1) is 16.0. The highest BCUT2D eigenvalue weighted by molar-refractivity contribution is 5.60. The molecule has 3 heteroatoms. The molecular weight excluding hydrogens is 284 g/mol. The summed E-state index contributed by atoms with van der Waals surface area (Å²) in [5, 5.41) is 3.44. The Labute approximate surface area is 138 Å². The minimum Gasteiger partial charge on any atom is -0.310 e. The highest BCUT2D eigenvalue weighted by atomic mass is 16.1. The number of nitrogens with one attached hydrogen (secondary N) is 1. The molecule has 0 bridgehead atoms. The molecule has 1 aromatic carbocycles. The van der Waals surface area contributed by atoms with Crippen LogP contribution in [-0.4, -0.2) is 10.6 Å². The lowest BCUT2D eigenvalue weighted by Crippen LogP contribution is -2.28. The van der Waals surface area contributed by atoms with Crippen LogP contribution in [0.15, 0.2) is 41.2 Å². The third kappa shape index (κ3) is 3.73. The summed E-state index contributed by atoms with van der Waals surface area (Å²) >= 11 is 0. The summed E-state index contributed by atoms with van der Waals surface area (Å²) in [6.45, 7) is 5.72. The molecule has 23 heavy (non-hydrogen) atoms. The molecule has 0 unspecified atom stereocenters. The van der Waals surface area contributed by atoms with Crippen LogP contribution in [0, 0.1) is 0 Å². The summed E-state index contributed by atoms with van der Waals surface area (Å²) in [6.07, 6.45) is 4.48. The number of aromatic nitrogens is 1. The maximum Gasteiger partial charge on any atom is 0.255 e. The summed E-state index contributed by atoms with van der Waals surface area (Å²) in [5.41, 5.74) is 4.49. The molecule has 0 aliphatic heterocycles. The van der Waals surface area contributed by atoms with Crippen molar-refractivity contribution in [1.29, 1.82) is 0 Å². The minimum atomic E-state index is 0.150. The van der Waals surface area contributed by atoms with Gasteiger partial charge in [-0.05, 0) is 42.9 Å². The number of benzene rings is 1. The minimum absolute atomic E-state index is 0.150. The lowest BCUT2D eigenvalue weighted by Gasteiger charge is -2.15. The van der Waals surface area contributed by atoms with E-state index in [1.807, 2.05) is 10.6 Å². The second-order valence-corrected chi connectivity index (χ2v) is 6.41. The molecule has 1 fully saturated rings. The van der Waals surface area contributed by atoms with Gasteiger partial charge in [0.1, 0.15) is 0 Å². The topological polar surface area (TPSA) is 34.0 Å². The largest absolute Gasteiger partial charge is 0.310 e. The van der Waals surface area contributed by atoms with Crippen LogP contribution in [0.1, 0.15) is 44.2 Å². The van der Waals surface area contributed by atoms with Crippen molar-refractivity contribution in [3.05, 3.63) is 57.9 Å². The number of aryl methyl sites for hydroxylation is 1. The van der Waals surface area contributed by atoms with Gasteiger partial charge in [0.05, 0.1) is 5.69 Å². The molecule has 1 aliphatic rings. The van der Waals surface area contributed by atoms with Crippen LogP contribution in [0.2, 0.25) is 0 Å². The van der Waals surface area contributed by atoms with Crippen molar-refractivity contribution < 1.29 is 0 Å². The number of pyridine rings is 1. The van der Waals surface area contributed by atoms with Crippen LogP contribution in [0.4, 0.5) is 0 Å². The molecule has 0 saturated heterocycles. The fraction of sp³-hybridized carbons (Fsp3) is 0.450. The first-order valence-corrected chi connectivity index (χ1v) is 8.78. The van der Waals surface area contributed by atoms with E-state index in [1.165, 1.54) is 18.4 Å². The number of hydrogen-bond donors (Lipinski definition) is 1. The van der Waals surface area contributed by atoms with Gasteiger partial charge >= 0.3 is 0 Å². The molecule has 1 N–H and O–H groups in total. The maximum atomic E-state index is 12.8. The van der Waals surface area contributed by atoms with Crippen molar-refractivity contribution in [3.8, 4) is 11.3 Å². The van der Waals surface area contributed by atoms with Crippen LogP contribution < -0.4 is 10.9 Å². The van der Waals surface area contributed by atoms with Gasteiger partial charge in [0.15, 0.2) is 0 Å². The molecule has 0 amide bonds. The second-order valence-electron chi connectivity index (χ2n) is 6.41. The Morgan fingerprint density at radius 3 is 2.43 bits per heavy atom. The third-order valence-corrected chi connectivity index (χ3v) is 4.52. The van der Waals surface area contributed by atoms with Crippen molar-refractivity contribution in [2.75, 3.05) is 0 Å². The lowest BCUT2D eigenvalue weighted by atomic mass is 10.1. The van der Waals surface area contributed by atoms with Crippen LogP contribution in [0.5, 0.6) is 0 Å². The SMILES string of the molecule is CCCn1c(-c2ccc(CC)cc2)ccc(CNC2CC2)c1=O. The zero-order valence-electron chi connectivity index (χ0n) is 14.1. The Morgan fingerprint density at radius 2 is 1.83 bits per heavy atom. The standard InChI is InChI=1S/C20H26N2O/c1-3-13-22-19(16-7-5-15(4-2)6-8-16)12-9-17(20(22)23)14-21-18-10-11-18/h5-9,12,18,21H,3-4,10-11,13-14H2,1-2H3. The van der Waals surface area contributed by atoms with Gasteiger partial charge in [-0.15, -0.1) is 0 Å². The first-order chi connectivity index (χ1) is 11.2. The molecule has 1 saturated carbocycles. The summed E-state index contributed by atoms with van der Waals surface area (Å²) in [4.78, 5) is 12.8. The average molecular weight is 310 g/mol. The molecule has 2 aromatic rings. The fourth-order valence-corrected chi connectivity index (χ4v) is 2.91. The molecule has 3 nitrogen and oxygen atoms in total. The highest BCUT2D eigenvalue weighted by Gasteiger charge is 2.21. The molecule has 1 aliphatic carbocycles. The van der Waals surface area contributed by atoms with Crippen molar-refractivity contribution in [1.82, 2.24) is 9.88 Å². The monoisotopic (exact) mass is 310 g/mol. The summed E-state index contributed by atoms with van der Waals surface area (Å²) in [6, 6.07) is 13.3. The van der Waals surface area contributed by atoms with E-state index < -0.39 is 0 Å². The second kappa shape index (κ2) is 7.14. The zero-order valence-corrected chi connectivity index (χ0v) is 14.1. The molecule has 0 radical (unpaired) electrons. The van der Waals surface area contributed by atoms with Crippen LogP contribution in [-0.2, 0) is 19.5 Å². The summed E-state index contributed by atoms with van der Waals surface area (Å²) < 4.78 is 1.94. The Bertz CT molecular complexity index is 711. The van der Waals surface area contributed by atoms with Gasteiger partial charge in [-0.2, -0.15) is 0 Å². The van der Waals surface area contributed by atoms with E-state index >= 15 is 0 Å². The molecular formula is C20H26N2O. The Morgan fingerprint density at radius 1 is 1.09 bits per heavy atom. The van der Waals surface area contributed by atoms with Gasteiger partial charge in [0, 0.05) is 24.7 Å². The Balaban J connectivity index is 1.94. The van der Waals surface area contributed by atoms with E-state index in [-0.39, 0.29) is 5.56 Å². The van der Waals surface area contributed by atoms with E-state index in [9.17, 15) is 4.79 Å². The molecule has 0 spiro atoms. The molecule has 122 valence electrons. The van der Waals surface area contributed by atoms with Crippen LogP contribution in [0.3, 0.4) is 0 Å². The predicted octanol–water partition coefficient (Wildman–Crippen LogP) is 3.74. The fourth-order valence-electron chi connectivity index (χ4n) is 2.91. The van der Waals surface area contributed by atoms with Crippen molar-refractivity contribution in [2.24, 2.45) is 0 Å². The van der Waals surface area contributed by atoms with Gasteiger partial charge in [0.25, 0.3) is 5.56 Å². The lowest BCUT2D eigenvalue weighted by molar-refractivity contribution is 0.632. The van der Waals surface area contributed by atoms with Gasteiger partial charge < -0.3 is 9.88 Å². The molecule has 1 heterocycles. The number of hydrogen-bond acceptors (Lipinski definition) is 2. The quantitative estimate of drug-likeness (QED) is 0.845. The third-order valence-electron chi connectivity index (χ3n) is 4.52. The predicted molar refractivity (Wildman–Crippen MR) is 95.7 cm³/mol. The number of nitrogens with zero attached hydrogens (tertiary/aromatic N) is 1. The van der Waals surface area contributed by atoms with Crippen molar-refractivity contribution >= 4 is 0 Å². The van der Waals surface area contributed by atoms with E-state index in [2.05, 4.69) is 49.5 Å². The smallest absolute Gasteiger partial charge is 0.255 e. The van der Waals surface area contributed by atoms with Gasteiger partial charge in [-0.25, -0.2) is 0 Å². The maximum absolute atomic E-state index is 12.8. The average Bonchev–Trinajstić information content (AvgIpc) is 3.40. The Kier molecular flexibility index (Phi) is 4.97. The molecule has 0 atom stereocenters. The van der Waals surface area contributed by atoms with Crippen molar-refractivity contribution in [2.45, 2.75) is 58.7 Å². The molecule has 3 rings (SSSR count). The van der Waals surface area contributed by atoms with E-state index in [1.54, 1.807) is 0 Å². The van der Waals surface area contributed by atoms with Gasteiger partial charge in [0.2, 0.25) is 0 Å². The first-order valence-electron chi connectivity index (χ1n) is 8.78. The van der Waals surface area contributed by atoms with Crippen LogP contribution in [0.25, 0.3) is 11.3 Å². The zero-order chi connectivity index (χ0) is 16.2. The van der Waals surface area contributed by atoms with E-state index in [4.69, 9.17) is 0 Å². The summed E-state index contributed by atoms with van der Waals surface area (Å²) in [7, 11) is 0. The van der Waals surface area contributed by atoms with E-state index in [0.29, 0.717) is 12.6 Å². The van der Waals surface area contributed by atoms with E-state index in [0.717, 1.165) is 36.2 Å². The highest BCUT2D eigenvalue weighted by Crippen LogP contribution is 2.21. The van der Waals surface area contributed by atoms with Gasteiger partial charge in [-0.3, -0.25) is 4.79 Å². The summed E-state index contributed by atoms with van der Waals surface area (Å²) in [5.74, 6) is 0. The van der Waals surface area contributed by atoms with Crippen molar-refractivity contribution in [3.63, 3.8) is 0 Å². The molecule has 1 aromatic heterocycles. The Hall–Kier alpha value is -1.87. The van der Waals surface area contributed by atoms with Crippen LogP contribution >= 0.6 is 0 Å².